The largest absolute Gasteiger partial charge is 0.322 e. The molecule has 26 heavy (non-hydrogen) atoms. The number of benzene rings is 1. The van der Waals surface area contributed by atoms with E-state index in [-0.39, 0.29) is 11.7 Å². The monoisotopic (exact) mass is 370 g/mol. The van der Waals surface area contributed by atoms with Gasteiger partial charge >= 0.3 is 0 Å². The van der Waals surface area contributed by atoms with Gasteiger partial charge in [0.2, 0.25) is 5.91 Å². The van der Waals surface area contributed by atoms with Crippen LogP contribution in [0.1, 0.15) is 24.1 Å². The summed E-state index contributed by atoms with van der Waals surface area (Å²) < 4.78 is 3.83. The number of nitrogens with zero attached hydrogens (tertiary/aromatic N) is 5. The van der Waals surface area contributed by atoms with Gasteiger partial charge in [-0.05, 0) is 39.8 Å². The number of nitrogens with one attached hydrogen (secondary N) is 1. The first-order valence-corrected chi connectivity index (χ1v) is 9.44. The molecule has 0 saturated heterocycles. The maximum absolute atomic E-state index is 12.4. The van der Waals surface area contributed by atoms with Gasteiger partial charge in [-0.1, -0.05) is 30.0 Å². The van der Waals surface area contributed by atoms with Gasteiger partial charge in [-0.25, -0.2) is 4.68 Å². The summed E-state index contributed by atoms with van der Waals surface area (Å²) in [5.74, 6) is 1.04. The quantitative estimate of drug-likeness (QED) is 0.675. The predicted molar refractivity (Wildman–Crippen MR) is 103 cm³/mol. The standard InChI is InChI=1S/C18H22N6OS/c1-5-23-14(4)20-21-18(23)26-11-16(25)19-17-12(2)22-24(13(17)3)15-9-7-6-8-10-15/h6-10H,5,11H2,1-4H3,(H,19,25). The van der Waals surface area contributed by atoms with Crippen molar-refractivity contribution < 1.29 is 4.79 Å². The maximum atomic E-state index is 12.4. The summed E-state index contributed by atoms with van der Waals surface area (Å²) in [5.41, 5.74) is 3.42. The molecule has 1 amide bonds. The van der Waals surface area contributed by atoms with Crippen molar-refractivity contribution in [1.82, 2.24) is 24.5 Å². The molecule has 0 radical (unpaired) electrons. The minimum atomic E-state index is -0.0860. The third kappa shape index (κ3) is 3.65. The molecule has 0 unspecified atom stereocenters. The molecule has 0 aliphatic carbocycles. The van der Waals surface area contributed by atoms with E-state index in [9.17, 15) is 4.79 Å². The van der Waals surface area contributed by atoms with E-state index in [4.69, 9.17) is 0 Å². The number of aryl methyl sites for hydroxylation is 2. The van der Waals surface area contributed by atoms with Crippen LogP contribution in [0.2, 0.25) is 0 Å². The molecule has 1 aromatic carbocycles. The van der Waals surface area contributed by atoms with Gasteiger partial charge in [-0.15, -0.1) is 10.2 Å². The Hall–Kier alpha value is -2.61. The number of anilines is 1. The summed E-state index contributed by atoms with van der Waals surface area (Å²) in [4.78, 5) is 12.4. The maximum Gasteiger partial charge on any atom is 0.234 e. The lowest BCUT2D eigenvalue weighted by Crippen LogP contribution is -2.16. The van der Waals surface area contributed by atoms with Crippen LogP contribution in [0.4, 0.5) is 5.69 Å². The molecule has 0 spiro atoms. The Labute approximate surface area is 156 Å². The van der Waals surface area contributed by atoms with Gasteiger partial charge < -0.3 is 9.88 Å². The summed E-state index contributed by atoms with van der Waals surface area (Å²) in [6.07, 6.45) is 0. The van der Waals surface area contributed by atoms with Crippen LogP contribution in [0.25, 0.3) is 5.69 Å². The zero-order valence-electron chi connectivity index (χ0n) is 15.4. The molecule has 0 aliphatic rings. The van der Waals surface area contributed by atoms with Crippen LogP contribution in [0.3, 0.4) is 0 Å². The molecule has 1 N–H and O–H groups in total. The molecule has 2 aromatic heterocycles. The molecule has 7 nitrogen and oxygen atoms in total. The van der Waals surface area contributed by atoms with Crippen molar-refractivity contribution in [3.63, 3.8) is 0 Å². The van der Waals surface area contributed by atoms with Gasteiger partial charge in [0, 0.05) is 6.54 Å². The molecular weight excluding hydrogens is 348 g/mol. The molecule has 3 aromatic rings. The smallest absolute Gasteiger partial charge is 0.234 e. The molecule has 136 valence electrons. The fraction of sp³-hybridized carbons (Fsp3) is 0.333. The zero-order chi connectivity index (χ0) is 18.7. The lowest BCUT2D eigenvalue weighted by molar-refractivity contribution is -0.113. The van der Waals surface area contributed by atoms with Gasteiger partial charge in [-0.2, -0.15) is 5.10 Å². The Morgan fingerprint density at radius 1 is 1.15 bits per heavy atom. The second kappa shape index (κ2) is 7.74. The van der Waals surface area contributed by atoms with Crippen LogP contribution in [-0.2, 0) is 11.3 Å². The van der Waals surface area contributed by atoms with Gasteiger partial charge in [0.1, 0.15) is 5.82 Å². The lowest BCUT2D eigenvalue weighted by atomic mass is 10.3. The second-order valence-electron chi connectivity index (χ2n) is 5.90. The van der Waals surface area contributed by atoms with Gasteiger partial charge in [0.15, 0.2) is 5.16 Å². The summed E-state index contributed by atoms with van der Waals surface area (Å²) in [6, 6.07) is 9.87. The van der Waals surface area contributed by atoms with Crippen molar-refractivity contribution in [1.29, 1.82) is 0 Å². The fourth-order valence-corrected chi connectivity index (χ4v) is 3.63. The van der Waals surface area contributed by atoms with Crippen LogP contribution in [0.5, 0.6) is 0 Å². The lowest BCUT2D eigenvalue weighted by Gasteiger charge is -2.07. The van der Waals surface area contributed by atoms with Crippen molar-refractivity contribution in [3.05, 3.63) is 47.5 Å². The minimum absolute atomic E-state index is 0.0860. The van der Waals surface area contributed by atoms with Crippen molar-refractivity contribution in [3.8, 4) is 5.69 Å². The van der Waals surface area contributed by atoms with E-state index >= 15 is 0 Å². The molecule has 0 fully saturated rings. The van der Waals surface area contributed by atoms with Gasteiger partial charge in [-0.3, -0.25) is 4.79 Å². The van der Waals surface area contributed by atoms with E-state index in [0.717, 1.165) is 40.3 Å². The molecule has 8 heteroatoms. The zero-order valence-corrected chi connectivity index (χ0v) is 16.2. The number of hydrogen-bond donors (Lipinski definition) is 1. The average Bonchev–Trinajstić information content (AvgIpc) is 3.14. The Morgan fingerprint density at radius 2 is 1.88 bits per heavy atom. The molecule has 0 bridgehead atoms. The molecule has 0 aliphatic heterocycles. The van der Waals surface area contributed by atoms with Crippen LogP contribution in [0.15, 0.2) is 35.5 Å². The second-order valence-corrected chi connectivity index (χ2v) is 6.85. The Bertz CT molecular complexity index is 915. The third-order valence-electron chi connectivity index (χ3n) is 4.11. The van der Waals surface area contributed by atoms with Gasteiger partial charge in [0.05, 0.1) is 28.5 Å². The first-order chi connectivity index (χ1) is 12.5. The number of carbonyl (C=O) groups is 1. The Morgan fingerprint density at radius 3 is 2.58 bits per heavy atom. The highest BCUT2D eigenvalue weighted by atomic mass is 32.2. The highest BCUT2D eigenvalue weighted by Crippen LogP contribution is 2.23. The highest BCUT2D eigenvalue weighted by Gasteiger charge is 2.16. The topological polar surface area (TPSA) is 77.6 Å². The summed E-state index contributed by atoms with van der Waals surface area (Å²) in [7, 11) is 0. The van der Waals surface area contributed by atoms with Crippen molar-refractivity contribution in [2.24, 2.45) is 0 Å². The number of carbonyl (C=O) groups excluding carboxylic acids is 1. The summed E-state index contributed by atoms with van der Waals surface area (Å²) in [5, 5.41) is 16.5. The third-order valence-corrected chi connectivity index (χ3v) is 5.07. The molecule has 0 atom stereocenters. The number of hydrogen-bond acceptors (Lipinski definition) is 5. The van der Waals surface area contributed by atoms with E-state index in [2.05, 4.69) is 20.6 Å². The predicted octanol–water partition coefficient (Wildman–Crippen LogP) is 3.14. The van der Waals surface area contributed by atoms with E-state index < -0.39 is 0 Å². The average molecular weight is 370 g/mol. The number of para-hydroxylation sites is 1. The summed E-state index contributed by atoms with van der Waals surface area (Å²) in [6.45, 7) is 8.57. The number of rotatable bonds is 6. The van der Waals surface area contributed by atoms with Crippen LogP contribution in [-0.4, -0.2) is 36.2 Å². The van der Waals surface area contributed by atoms with E-state index in [1.807, 2.05) is 67.3 Å². The minimum Gasteiger partial charge on any atom is -0.322 e. The van der Waals surface area contributed by atoms with E-state index in [0.29, 0.717) is 0 Å². The highest BCUT2D eigenvalue weighted by molar-refractivity contribution is 7.99. The van der Waals surface area contributed by atoms with Crippen molar-refractivity contribution in [2.45, 2.75) is 39.4 Å². The number of aromatic nitrogens is 5. The van der Waals surface area contributed by atoms with Gasteiger partial charge in [0.25, 0.3) is 0 Å². The van der Waals surface area contributed by atoms with E-state index in [1.54, 1.807) is 0 Å². The Balaban J connectivity index is 1.71. The fourth-order valence-electron chi connectivity index (χ4n) is 2.78. The molecular formula is C18H22N6OS. The summed E-state index contributed by atoms with van der Waals surface area (Å²) >= 11 is 1.38. The van der Waals surface area contributed by atoms with Crippen molar-refractivity contribution >= 4 is 23.4 Å². The SMILES string of the molecule is CCn1c(C)nnc1SCC(=O)Nc1c(C)nn(-c2ccccc2)c1C. The number of amides is 1. The van der Waals surface area contributed by atoms with E-state index in [1.165, 1.54) is 11.8 Å². The Kier molecular flexibility index (Phi) is 5.41. The first-order valence-electron chi connectivity index (χ1n) is 8.45. The van der Waals surface area contributed by atoms with Crippen LogP contribution < -0.4 is 5.32 Å². The molecule has 0 saturated carbocycles. The first kappa shape index (κ1) is 18.2. The van der Waals surface area contributed by atoms with Crippen LogP contribution >= 0.6 is 11.8 Å². The van der Waals surface area contributed by atoms with Crippen LogP contribution in [0, 0.1) is 20.8 Å². The number of thioether (sulfide) groups is 1. The molecule has 2 heterocycles. The normalized spacial score (nSPS) is 10.9. The molecule has 3 rings (SSSR count). The van der Waals surface area contributed by atoms with Crippen molar-refractivity contribution in [2.75, 3.05) is 11.1 Å².